The zero-order chi connectivity index (χ0) is 97.9. The van der Waals surface area contributed by atoms with Crippen LogP contribution < -0.4 is 0 Å². The average molecular weight is 1890 g/mol. The number of nitrogens with zero attached hydrogens (tertiary/aromatic N) is 9. The molecule has 0 aliphatic heterocycles. The van der Waals surface area contributed by atoms with Gasteiger partial charge in [0.25, 0.3) is 0 Å². The van der Waals surface area contributed by atoms with E-state index in [-0.39, 0.29) is 0 Å². The summed E-state index contributed by atoms with van der Waals surface area (Å²) in [5, 5.41) is 29.3. The molecule has 0 N–H and O–H groups in total. The summed E-state index contributed by atoms with van der Waals surface area (Å²) >= 11 is 0. The Morgan fingerprint density at radius 3 is 0.705 bits per heavy atom. The number of para-hydroxylation sites is 3. The van der Waals surface area contributed by atoms with Gasteiger partial charge < -0.3 is 13.2 Å². The van der Waals surface area contributed by atoms with E-state index in [0.717, 1.165) is 110 Å². The predicted molar refractivity (Wildman–Crippen MR) is 626 cm³/mol. The molecule has 9 heterocycles. The molecule has 9 nitrogen and oxygen atoms in total. The van der Waals surface area contributed by atoms with E-state index in [1.807, 2.05) is 18.6 Å². The molecule has 0 bridgehead atoms. The molecule has 0 unspecified atom stereocenters. The van der Waals surface area contributed by atoms with E-state index in [1.54, 1.807) is 0 Å². The van der Waals surface area contributed by atoms with Crippen LogP contribution in [0.15, 0.2) is 480 Å². The summed E-state index contributed by atoms with van der Waals surface area (Å²) in [6.45, 7) is 4.41. The zero-order valence-corrected chi connectivity index (χ0v) is 81.1. The standard InChI is InChI=1S/C52H31N3.C46H27N3.C42H27N3/c1-3-12-32(13-4-1)35-22-24-48-43(27-35)45-29-38(30-46-44-28-36(33-14-5-2-6-15-33)23-25-49(44)55(48)52(45)46)34-16-11-17-37(26-34)47-31-53-50-41-20-9-7-18-39(41)40-19-8-10-21-42(40)51(50)54-47;1-2-11-28(12-3-1)30-21-22-43-38(24-30)40-26-32(25-39-35-17-8-9-20-42(35)49(43)46(39)40)29-13-10-14-31(23-29)41-27-47-44-36-18-6-4-15-33(36)34-16-5-7-19-37(34)45(44)48-41;1-24-20-34(37-23-43-40-31-15-5-3-11-27(31)28-12-4-6-16-32(28)41(40)44-37)25(2)19-33(24)26-21-35-29-13-7-9-17-38(29)45-39-18-10-8-14-30(39)36(22-26)42(35)45/h1-31H;1-27H;3-23H,1-2H3. The lowest BCUT2D eigenvalue weighted by Gasteiger charge is -2.14. The van der Waals surface area contributed by atoms with E-state index in [0.29, 0.717) is 0 Å². The van der Waals surface area contributed by atoms with Gasteiger partial charge in [0.15, 0.2) is 0 Å². The minimum absolute atomic E-state index is 0.863. The molecular formula is C140H85N9. The molecule has 149 heavy (non-hydrogen) atoms. The highest BCUT2D eigenvalue weighted by atomic mass is 14.9. The minimum Gasteiger partial charge on any atom is -0.308 e. The van der Waals surface area contributed by atoms with Crippen molar-refractivity contribution in [2.75, 3.05) is 0 Å². The van der Waals surface area contributed by atoms with Crippen molar-refractivity contribution >= 4 is 212 Å². The first-order valence-electron chi connectivity index (χ1n) is 51.1. The van der Waals surface area contributed by atoms with E-state index in [4.69, 9.17) is 29.9 Å². The smallest absolute Gasteiger partial charge is 0.0979 e. The largest absolute Gasteiger partial charge is 0.308 e. The first kappa shape index (κ1) is 83.8. The summed E-state index contributed by atoms with van der Waals surface area (Å²) in [7, 11) is 0. The third-order valence-electron chi connectivity index (χ3n) is 31.6. The Labute approximate surface area is 854 Å². The monoisotopic (exact) mass is 1890 g/mol. The van der Waals surface area contributed by atoms with E-state index >= 15 is 0 Å². The molecule has 0 saturated carbocycles. The van der Waals surface area contributed by atoms with Gasteiger partial charge in [0.2, 0.25) is 0 Å². The van der Waals surface area contributed by atoms with Gasteiger partial charge in [0.1, 0.15) is 0 Å². The lowest BCUT2D eigenvalue weighted by atomic mass is 9.92. The van der Waals surface area contributed by atoms with Crippen LogP contribution in [0, 0.1) is 13.8 Å². The molecule has 0 amide bonds. The van der Waals surface area contributed by atoms with Crippen molar-refractivity contribution in [1.82, 2.24) is 43.1 Å². The van der Waals surface area contributed by atoms with E-state index in [1.165, 1.54) is 213 Å². The summed E-state index contributed by atoms with van der Waals surface area (Å²) in [6.07, 6.45) is 5.81. The van der Waals surface area contributed by atoms with Crippen LogP contribution in [-0.2, 0) is 0 Å². The second-order valence-corrected chi connectivity index (χ2v) is 39.9. The maximum atomic E-state index is 5.32. The lowest BCUT2D eigenvalue weighted by molar-refractivity contribution is 1.28. The lowest BCUT2D eigenvalue weighted by Crippen LogP contribution is -1.95. The minimum atomic E-state index is 0.863. The molecule has 690 valence electrons. The summed E-state index contributed by atoms with van der Waals surface area (Å²) in [5.41, 5.74) is 39.7. The van der Waals surface area contributed by atoms with Gasteiger partial charge in [-0.25, -0.2) is 15.0 Å². The fourth-order valence-electron chi connectivity index (χ4n) is 24.8. The maximum Gasteiger partial charge on any atom is 0.0979 e. The van der Waals surface area contributed by atoms with Crippen LogP contribution in [0.1, 0.15) is 11.1 Å². The van der Waals surface area contributed by atoms with Crippen LogP contribution in [0.2, 0.25) is 0 Å². The molecule has 0 radical (unpaired) electrons. The van der Waals surface area contributed by atoms with E-state index in [9.17, 15) is 0 Å². The Balaban J connectivity index is 0.000000101. The Hall–Kier alpha value is -19.7. The molecule has 9 aromatic heterocycles. The van der Waals surface area contributed by atoms with Gasteiger partial charge in [-0.15, -0.1) is 0 Å². The Morgan fingerprint density at radius 2 is 0.369 bits per heavy atom. The van der Waals surface area contributed by atoms with Crippen LogP contribution >= 0.6 is 0 Å². The summed E-state index contributed by atoms with van der Waals surface area (Å²) < 4.78 is 7.35. The molecule has 0 aliphatic rings. The average Bonchev–Trinajstić information content (AvgIpc) is 1.55. The number of fused-ring (bicyclic) bond motifs is 36. The quantitative estimate of drug-likeness (QED) is 0.134. The molecule has 0 aliphatic carbocycles. The first-order valence-corrected chi connectivity index (χ1v) is 51.1. The molecule has 0 saturated heterocycles. The van der Waals surface area contributed by atoms with Crippen LogP contribution in [-0.4, -0.2) is 43.1 Å². The van der Waals surface area contributed by atoms with Crippen LogP contribution in [0.3, 0.4) is 0 Å². The molecule has 9 heteroatoms. The number of hydrogen-bond donors (Lipinski definition) is 0. The van der Waals surface area contributed by atoms with Gasteiger partial charge >= 0.3 is 0 Å². The maximum absolute atomic E-state index is 5.32. The van der Waals surface area contributed by atoms with Crippen molar-refractivity contribution in [2.24, 2.45) is 0 Å². The molecule has 0 spiro atoms. The van der Waals surface area contributed by atoms with Gasteiger partial charge in [0.05, 0.1) is 118 Å². The molecule has 0 fully saturated rings. The fraction of sp³-hybridized carbons (Fsp3) is 0.0143. The van der Waals surface area contributed by atoms with Gasteiger partial charge in [-0.3, -0.25) is 15.0 Å². The first-order chi connectivity index (χ1) is 73.7. The normalized spacial score (nSPS) is 12.1. The second-order valence-electron chi connectivity index (χ2n) is 39.9. The molecule has 33 aromatic rings. The predicted octanol–water partition coefficient (Wildman–Crippen LogP) is 36.9. The Bertz CT molecular complexity index is 11100. The second kappa shape index (κ2) is 32.9. The van der Waals surface area contributed by atoms with Crippen molar-refractivity contribution in [3.63, 3.8) is 0 Å². The van der Waals surface area contributed by atoms with Crippen LogP contribution in [0.5, 0.6) is 0 Å². The number of benzene rings is 24. The third-order valence-corrected chi connectivity index (χ3v) is 31.6. The van der Waals surface area contributed by atoms with Crippen molar-refractivity contribution in [3.05, 3.63) is 491 Å². The number of hydrogen-bond acceptors (Lipinski definition) is 6. The number of rotatable bonds is 9. The fourth-order valence-corrected chi connectivity index (χ4v) is 24.8. The van der Waals surface area contributed by atoms with Crippen molar-refractivity contribution < 1.29 is 0 Å². The van der Waals surface area contributed by atoms with Gasteiger partial charge in [0, 0.05) is 114 Å². The van der Waals surface area contributed by atoms with E-state index < -0.39 is 0 Å². The summed E-state index contributed by atoms with van der Waals surface area (Å²) in [6, 6.07) is 167. The van der Waals surface area contributed by atoms with Gasteiger partial charge in [-0.2, -0.15) is 0 Å². The molecule has 0 atom stereocenters. The molecule has 24 aromatic carbocycles. The highest BCUT2D eigenvalue weighted by Crippen LogP contribution is 2.51. The molecule has 33 rings (SSSR count). The number of aromatic nitrogens is 9. The topological polar surface area (TPSA) is 90.6 Å². The third kappa shape index (κ3) is 13.0. The molecular weight excluding hydrogens is 1810 g/mol. The van der Waals surface area contributed by atoms with Gasteiger partial charge in [-0.05, 0) is 233 Å². The zero-order valence-electron chi connectivity index (χ0n) is 81.1. The van der Waals surface area contributed by atoms with Crippen LogP contribution in [0.25, 0.3) is 313 Å². The van der Waals surface area contributed by atoms with Crippen molar-refractivity contribution in [2.45, 2.75) is 13.8 Å². The van der Waals surface area contributed by atoms with Crippen molar-refractivity contribution in [3.8, 4) is 101 Å². The highest BCUT2D eigenvalue weighted by molar-refractivity contribution is 6.31. The van der Waals surface area contributed by atoms with E-state index in [2.05, 4.69) is 488 Å². The Morgan fingerprint density at radius 1 is 0.141 bits per heavy atom. The highest BCUT2D eigenvalue weighted by Gasteiger charge is 2.27. The van der Waals surface area contributed by atoms with Crippen molar-refractivity contribution in [1.29, 1.82) is 0 Å². The SMILES string of the molecule is Cc1cc(-c2cnc3c4ccccc4c4ccccc4c3n2)c(C)cc1-c1cc2c3ccccc3n3c4ccccc4c(c1)c23.c1ccc(-c2ccc3c(c2)c2cc(-c4cccc(-c5cnc6c7ccccc7c7ccccc7c6n5)c4)cc4c5cc(-c6ccccc6)ccc5n3c24)cc1.c1ccc(-c2ccc3c(c2)c2cc(-c4cccc(-c5cnc6c7ccccc7c7ccccc7c6n5)c4)cc4c5ccccc5n3c42)cc1. The van der Waals surface area contributed by atoms with Crippen LogP contribution in [0.4, 0.5) is 0 Å². The van der Waals surface area contributed by atoms with Gasteiger partial charge in [-0.1, -0.05) is 352 Å². The number of aryl methyl sites for hydroxylation is 2. The Kier molecular flexibility index (Phi) is 18.5. The summed E-state index contributed by atoms with van der Waals surface area (Å²) in [5.74, 6) is 0. The summed E-state index contributed by atoms with van der Waals surface area (Å²) in [4.78, 5) is 31.0.